The van der Waals surface area contributed by atoms with Crippen LogP contribution in [-0.2, 0) is 37.3 Å². The van der Waals surface area contributed by atoms with Crippen molar-refractivity contribution >= 4 is 9.84 Å². The van der Waals surface area contributed by atoms with E-state index < -0.39 is 20.5 Å². The minimum atomic E-state index is -3.69. The van der Waals surface area contributed by atoms with Gasteiger partial charge in [-0.2, -0.15) is 0 Å². The number of sulfone groups is 1. The van der Waals surface area contributed by atoms with Crippen molar-refractivity contribution in [3.63, 3.8) is 0 Å². The molecule has 0 radical (unpaired) electrons. The molecule has 3 aromatic carbocycles. The van der Waals surface area contributed by atoms with Crippen molar-refractivity contribution in [1.82, 2.24) is 0 Å². The minimum absolute atomic E-state index is 0.0550. The monoisotopic (exact) mass is 656 g/mol. The Morgan fingerprint density at radius 2 is 1.38 bits per heavy atom. The topological polar surface area (TPSA) is 61.8 Å². The predicted molar refractivity (Wildman–Crippen MR) is 189 cm³/mol. The maximum absolute atomic E-state index is 14.8. The molecule has 2 aliphatic rings. The molecule has 6 atom stereocenters. The summed E-state index contributed by atoms with van der Waals surface area (Å²) in [5.74, 6) is 0.136. The molecular weight excluding hydrogens is 605 g/mol. The van der Waals surface area contributed by atoms with Gasteiger partial charge in [0.25, 0.3) is 0 Å². The molecule has 3 aromatic rings. The van der Waals surface area contributed by atoms with Crippen LogP contribution in [0.15, 0.2) is 119 Å². The summed E-state index contributed by atoms with van der Waals surface area (Å²) in [7, 11) is -3.69. The quantitative estimate of drug-likeness (QED) is 0.117. The number of fused-ring (bicyclic) bond motifs is 2. The third kappa shape index (κ3) is 8.72. The van der Waals surface area contributed by atoms with Gasteiger partial charge in [-0.15, -0.1) is 0 Å². The first-order valence-corrected chi connectivity index (χ1v) is 18.7. The van der Waals surface area contributed by atoms with Gasteiger partial charge in [-0.25, -0.2) is 8.42 Å². The molecule has 6 heteroatoms. The SMILES string of the molecule is C/C1=C\[C@@H](OCOCc2ccccc2)[C@@H]2CC[C@@H](C)[C@](C)(C(S(=O)(=O)c3ccccc3)C/C(C)=C/CC1)[C@H]2COCc1ccccc1. The molecule has 2 aliphatic carbocycles. The molecule has 0 aromatic heterocycles. The zero-order valence-electron chi connectivity index (χ0n) is 28.5. The third-order valence-corrected chi connectivity index (χ3v) is 13.1. The first-order valence-electron chi connectivity index (χ1n) is 17.2. The molecule has 0 aliphatic heterocycles. The summed E-state index contributed by atoms with van der Waals surface area (Å²) in [6, 6.07) is 29.4. The summed E-state index contributed by atoms with van der Waals surface area (Å²) in [5.41, 5.74) is 4.03. The summed E-state index contributed by atoms with van der Waals surface area (Å²) < 4.78 is 48.8. The van der Waals surface area contributed by atoms with Crippen LogP contribution in [0.3, 0.4) is 0 Å². The second-order valence-corrected chi connectivity index (χ2v) is 16.0. The molecule has 2 bridgehead atoms. The number of hydrogen-bond acceptors (Lipinski definition) is 5. The van der Waals surface area contributed by atoms with Crippen LogP contribution in [0.1, 0.15) is 70.9 Å². The van der Waals surface area contributed by atoms with Crippen LogP contribution in [0.2, 0.25) is 0 Å². The lowest BCUT2D eigenvalue weighted by molar-refractivity contribution is -0.138. The first-order chi connectivity index (χ1) is 22.7. The van der Waals surface area contributed by atoms with E-state index in [2.05, 4.69) is 64.1 Å². The second kappa shape index (κ2) is 16.4. The molecule has 252 valence electrons. The van der Waals surface area contributed by atoms with Crippen LogP contribution in [0.25, 0.3) is 0 Å². The van der Waals surface area contributed by atoms with Gasteiger partial charge in [0, 0.05) is 0 Å². The highest BCUT2D eigenvalue weighted by atomic mass is 32.2. The van der Waals surface area contributed by atoms with Crippen LogP contribution < -0.4 is 0 Å². The van der Waals surface area contributed by atoms with E-state index in [0.29, 0.717) is 31.1 Å². The van der Waals surface area contributed by atoms with Crippen molar-refractivity contribution in [1.29, 1.82) is 0 Å². The Hall–Kier alpha value is -3.03. The van der Waals surface area contributed by atoms with E-state index in [4.69, 9.17) is 14.2 Å². The Bertz CT molecular complexity index is 1570. The van der Waals surface area contributed by atoms with E-state index in [0.717, 1.165) is 42.4 Å². The Balaban J connectivity index is 1.54. The number of ether oxygens (including phenoxy) is 3. The van der Waals surface area contributed by atoms with Gasteiger partial charge in [0.05, 0.1) is 36.1 Å². The number of hydrogen-bond donors (Lipinski definition) is 0. The van der Waals surface area contributed by atoms with Gasteiger partial charge in [-0.1, -0.05) is 116 Å². The highest BCUT2D eigenvalue weighted by Crippen LogP contribution is 2.55. The van der Waals surface area contributed by atoms with Gasteiger partial charge < -0.3 is 14.2 Å². The lowest BCUT2D eigenvalue weighted by atomic mass is 9.54. The number of allylic oxidation sites excluding steroid dienone is 3. The van der Waals surface area contributed by atoms with Crippen molar-refractivity contribution in [3.05, 3.63) is 125 Å². The predicted octanol–water partition coefficient (Wildman–Crippen LogP) is 9.35. The Labute approximate surface area is 283 Å². The number of rotatable bonds is 11. The summed E-state index contributed by atoms with van der Waals surface area (Å²) in [5, 5.41) is -0.615. The Kier molecular flexibility index (Phi) is 12.3. The third-order valence-electron chi connectivity index (χ3n) is 10.7. The highest BCUT2D eigenvalue weighted by Gasteiger charge is 2.56. The van der Waals surface area contributed by atoms with Gasteiger partial charge in [0.1, 0.15) is 6.79 Å². The molecule has 5 nitrogen and oxygen atoms in total. The van der Waals surface area contributed by atoms with Crippen LogP contribution in [0.5, 0.6) is 0 Å². The fourth-order valence-electron chi connectivity index (χ4n) is 7.79. The molecule has 5 rings (SSSR count). The van der Waals surface area contributed by atoms with Gasteiger partial charge in [0.15, 0.2) is 9.84 Å². The van der Waals surface area contributed by atoms with E-state index >= 15 is 0 Å². The molecular formula is C41H52O5S. The van der Waals surface area contributed by atoms with Crippen LogP contribution >= 0.6 is 0 Å². The van der Waals surface area contributed by atoms with Crippen LogP contribution in [0, 0.1) is 23.2 Å². The smallest absolute Gasteiger partial charge is 0.182 e. The molecule has 1 saturated carbocycles. The maximum Gasteiger partial charge on any atom is 0.182 e. The van der Waals surface area contributed by atoms with Crippen molar-refractivity contribution in [2.45, 2.75) is 89.3 Å². The van der Waals surface area contributed by atoms with Crippen molar-refractivity contribution in [2.24, 2.45) is 23.2 Å². The van der Waals surface area contributed by atoms with Crippen molar-refractivity contribution in [3.8, 4) is 0 Å². The van der Waals surface area contributed by atoms with Gasteiger partial charge in [-0.05, 0) is 92.4 Å². The van der Waals surface area contributed by atoms with Crippen molar-refractivity contribution < 1.29 is 22.6 Å². The van der Waals surface area contributed by atoms with Crippen LogP contribution in [-0.4, -0.2) is 33.2 Å². The summed E-state index contributed by atoms with van der Waals surface area (Å²) >= 11 is 0. The van der Waals surface area contributed by atoms with Gasteiger partial charge >= 0.3 is 0 Å². The summed E-state index contributed by atoms with van der Waals surface area (Å²) in [6.45, 7) is 10.3. The van der Waals surface area contributed by atoms with Gasteiger partial charge in [-0.3, -0.25) is 0 Å². The fraction of sp³-hybridized carbons (Fsp3) is 0.463. The number of benzene rings is 3. The molecule has 47 heavy (non-hydrogen) atoms. The van der Waals surface area contributed by atoms with E-state index in [1.165, 1.54) is 5.57 Å². The average Bonchev–Trinajstić information content (AvgIpc) is 3.08. The highest BCUT2D eigenvalue weighted by molar-refractivity contribution is 7.92. The Morgan fingerprint density at radius 1 is 0.787 bits per heavy atom. The largest absolute Gasteiger partial charge is 0.376 e. The fourth-order valence-corrected chi connectivity index (χ4v) is 10.2. The molecule has 0 saturated heterocycles. The summed E-state index contributed by atoms with van der Waals surface area (Å²) in [4.78, 5) is 0.391. The first kappa shape index (κ1) is 35.3. The molecule has 0 spiro atoms. The van der Waals surface area contributed by atoms with Crippen molar-refractivity contribution in [2.75, 3.05) is 13.4 Å². The van der Waals surface area contributed by atoms with E-state index in [9.17, 15) is 8.42 Å². The lowest BCUT2D eigenvalue weighted by Crippen LogP contribution is -2.56. The normalized spacial score (nSPS) is 29.4. The molecule has 1 unspecified atom stereocenters. The minimum Gasteiger partial charge on any atom is -0.376 e. The lowest BCUT2D eigenvalue weighted by Gasteiger charge is -2.55. The molecule has 0 heterocycles. The van der Waals surface area contributed by atoms with E-state index in [-0.39, 0.29) is 30.7 Å². The standard InChI is InChI=1S/C41H52O5S/c1-31-15-14-16-32(2)26-40(47(42,43)36-21-12-7-13-22-36)41(4)33(3)23-24-37(38(41)29-44-27-34-17-8-5-9-18-34)39(25-31)46-30-45-28-35-19-10-6-11-20-35/h5-13,16-22,25,33,37-40H,14-15,23-24,26-30H2,1-4H3/b31-25+,32-16+/t33-,37-,38+,39-,40?,41+/m1/s1. The Morgan fingerprint density at radius 3 is 2.02 bits per heavy atom. The summed E-state index contributed by atoms with van der Waals surface area (Å²) in [6.07, 6.45) is 8.39. The molecule has 1 fully saturated rings. The van der Waals surface area contributed by atoms with Crippen LogP contribution in [0.4, 0.5) is 0 Å². The molecule has 0 N–H and O–H groups in total. The second-order valence-electron chi connectivity index (χ2n) is 13.9. The zero-order chi connectivity index (χ0) is 33.3. The van der Waals surface area contributed by atoms with Gasteiger partial charge in [0.2, 0.25) is 0 Å². The average molecular weight is 657 g/mol. The van der Waals surface area contributed by atoms with E-state index in [1.807, 2.05) is 54.6 Å². The molecule has 0 amide bonds. The zero-order valence-corrected chi connectivity index (χ0v) is 29.3. The maximum atomic E-state index is 14.8. The van der Waals surface area contributed by atoms with E-state index in [1.54, 1.807) is 12.1 Å².